The van der Waals surface area contributed by atoms with E-state index in [0.29, 0.717) is 25.9 Å². The molecule has 6 heteroatoms. The van der Waals surface area contributed by atoms with E-state index in [1.54, 1.807) is 0 Å². The molecule has 0 spiro atoms. The first-order valence-corrected chi connectivity index (χ1v) is 7.52. The van der Waals surface area contributed by atoms with Crippen LogP contribution in [0.2, 0.25) is 0 Å². The third kappa shape index (κ3) is 2.69. The van der Waals surface area contributed by atoms with Gasteiger partial charge in [0.05, 0.1) is 5.75 Å². The molecule has 0 aromatic carbocycles. The van der Waals surface area contributed by atoms with E-state index in [2.05, 4.69) is 11.9 Å². The highest BCUT2D eigenvalue weighted by molar-refractivity contribution is 7.89. The van der Waals surface area contributed by atoms with Crippen LogP contribution in [0.5, 0.6) is 0 Å². The summed E-state index contributed by atoms with van der Waals surface area (Å²) in [6.45, 7) is 4.50. The van der Waals surface area contributed by atoms with Crippen LogP contribution in [0.1, 0.15) is 19.3 Å². The summed E-state index contributed by atoms with van der Waals surface area (Å²) >= 11 is 0. The fourth-order valence-electron chi connectivity index (χ4n) is 2.58. The summed E-state index contributed by atoms with van der Waals surface area (Å²) in [6.07, 6.45) is 3.43. The molecule has 1 amide bonds. The van der Waals surface area contributed by atoms with Gasteiger partial charge in [-0.2, -0.15) is 0 Å². The van der Waals surface area contributed by atoms with Gasteiger partial charge in [0.15, 0.2) is 0 Å². The largest absolute Gasteiger partial charge is 0.353 e. The fourth-order valence-corrected chi connectivity index (χ4v) is 3.89. The summed E-state index contributed by atoms with van der Waals surface area (Å²) in [6, 6.07) is 0.159. The van der Waals surface area contributed by atoms with Gasteiger partial charge in [-0.3, -0.25) is 4.79 Å². The Kier molecular flexibility index (Phi) is 3.53. The molecule has 2 heterocycles. The van der Waals surface area contributed by atoms with Gasteiger partial charge in [0.25, 0.3) is 0 Å². The third-order valence-electron chi connectivity index (χ3n) is 3.51. The number of sulfonamides is 1. The van der Waals surface area contributed by atoms with Crippen LogP contribution in [0.15, 0.2) is 12.7 Å². The molecular weight excluding hydrogens is 240 g/mol. The minimum absolute atomic E-state index is 0.00323. The molecule has 2 saturated heterocycles. The van der Waals surface area contributed by atoms with Crippen molar-refractivity contribution < 1.29 is 13.2 Å². The lowest BCUT2D eigenvalue weighted by molar-refractivity contribution is -0.124. The lowest BCUT2D eigenvalue weighted by Crippen LogP contribution is -2.55. The normalized spacial score (nSPS) is 30.5. The number of hydrogen-bond donors (Lipinski definition) is 1. The summed E-state index contributed by atoms with van der Waals surface area (Å²) in [4.78, 5) is 11.2. The van der Waals surface area contributed by atoms with Crippen LogP contribution in [0.3, 0.4) is 0 Å². The number of nitrogens with one attached hydrogen (secondary N) is 1. The van der Waals surface area contributed by atoms with Gasteiger partial charge in [-0.25, -0.2) is 12.7 Å². The predicted molar refractivity (Wildman–Crippen MR) is 64.8 cm³/mol. The van der Waals surface area contributed by atoms with Crippen LogP contribution < -0.4 is 5.32 Å². The molecular formula is C11H18N2O3S. The quantitative estimate of drug-likeness (QED) is 0.730. The van der Waals surface area contributed by atoms with Crippen molar-refractivity contribution in [1.82, 2.24) is 9.62 Å². The molecule has 96 valence electrons. The van der Waals surface area contributed by atoms with Gasteiger partial charge in [0.2, 0.25) is 15.9 Å². The SMILES string of the molecule is C=CCS(=O)(=O)N1CCC2NC(=O)CCC2C1. The number of hydrogen-bond acceptors (Lipinski definition) is 3. The molecule has 0 aromatic rings. The van der Waals surface area contributed by atoms with E-state index in [4.69, 9.17) is 0 Å². The van der Waals surface area contributed by atoms with Crippen molar-refractivity contribution in [3.63, 3.8) is 0 Å². The average Bonchev–Trinajstić information content (AvgIpc) is 2.28. The first kappa shape index (κ1) is 12.6. The van der Waals surface area contributed by atoms with E-state index in [1.165, 1.54) is 10.4 Å². The van der Waals surface area contributed by atoms with E-state index in [9.17, 15) is 13.2 Å². The van der Waals surface area contributed by atoms with Crippen LogP contribution in [-0.2, 0) is 14.8 Å². The lowest BCUT2D eigenvalue weighted by Gasteiger charge is -2.40. The summed E-state index contributed by atoms with van der Waals surface area (Å²) in [5.41, 5.74) is 0. The maximum absolute atomic E-state index is 11.9. The van der Waals surface area contributed by atoms with E-state index >= 15 is 0 Å². The number of nitrogens with zero attached hydrogens (tertiary/aromatic N) is 1. The van der Waals surface area contributed by atoms with Gasteiger partial charge in [-0.15, -0.1) is 6.58 Å². The first-order valence-electron chi connectivity index (χ1n) is 5.91. The highest BCUT2D eigenvalue weighted by atomic mass is 32.2. The number of carbonyl (C=O) groups is 1. The topological polar surface area (TPSA) is 66.5 Å². The molecule has 0 aliphatic carbocycles. The predicted octanol–water partition coefficient (Wildman–Crippen LogP) is 0.103. The van der Waals surface area contributed by atoms with Crippen molar-refractivity contribution in [2.45, 2.75) is 25.3 Å². The Morgan fingerprint density at radius 3 is 2.94 bits per heavy atom. The summed E-state index contributed by atoms with van der Waals surface area (Å²) < 4.78 is 25.3. The fraction of sp³-hybridized carbons (Fsp3) is 0.727. The highest BCUT2D eigenvalue weighted by Gasteiger charge is 2.37. The zero-order valence-electron chi connectivity index (χ0n) is 9.76. The van der Waals surface area contributed by atoms with Gasteiger partial charge in [-0.1, -0.05) is 6.08 Å². The zero-order valence-corrected chi connectivity index (χ0v) is 10.6. The second-order valence-corrected chi connectivity index (χ2v) is 6.70. The minimum Gasteiger partial charge on any atom is -0.353 e. The average molecular weight is 258 g/mol. The smallest absolute Gasteiger partial charge is 0.220 e. The first-order chi connectivity index (χ1) is 8.03. The molecule has 17 heavy (non-hydrogen) atoms. The molecule has 2 fully saturated rings. The van der Waals surface area contributed by atoms with Crippen molar-refractivity contribution in [3.05, 3.63) is 12.7 Å². The Morgan fingerprint density at radius 1 is 1.47 bits per heavy atom. The zero-order chi connectivity index (χ0) is 12.5. The van der Waals surface area contributed by atoms with Gasteiger partial charge < -0.3 is 5.32 Å². The summed E-state index contributed by atoms with van der Waals surface area (Å²) in [5.74, 6) is 0.353. The molecule has 0 aromatic heterocycles. The van der Waals surface area contributed by atoms with E-state index < -0.39 is 10.0 Å². The summed E-state index contributed by atoms with van der Waals surface area (Å²) in [7, 11) is -3.19. The second kappa shape index (κ2) is 4.78. The van der Waals surface area contributed by atoms with Crippen molar-refractivity contribution in [2.24, 2.45) is 5.92 Å². The second-order valence-electron chi connectivity index (χ2n) is 4.69. The van der Waals surface area contributed by atoms with Gasteiger partial charge >= 0.3 is 0 Å². The van der Waals surface area contributed by atoms with Gasteiger partial charge in [0.1, 0.15) is 0 Å². The number of carbonyl (C=O) groups excluding carboxylic acids is 1. The molecule has 2 unspecified atom stereocenters. The molecule has 2 atom stereocenters. The molecule has 2 rings (SSSR count). The van der Waals surface area contributed by atoms with E-state index in [1.807, 2.05) is 0 Å². The molecule has 0 radical (unpaired) electrons. The van der Waals surface area contributed by atoms with Crippen molar-refractivity contribution in [3.8, 4) is 0 Å². The van der Waals surface area contributed by atoms with Crippen molar-refractivity contribution >= 4 is 15.9 Å². The van der Waals surface area contributed by atoms with Crippen LogP contribution in [-0.4, -0.2) is 43.5 Å². The van der Waals surface area contributed by atoms with Crippen LogP contribution in [0.4, 0.5) is 0 Å². The minimum atomic E-state index is -3.19. The number of amides is 1. The molecule has 0 saturated carbocycles. The standard InChI is InChI=1S/C11H18N2O3S/c1-2-7-17(15,16)13-6-5-10-9(8-13)3-4-11(14)12-10/h2,9-10H,1,3-8H2,(H,12,14). The van der Waals surface area contributed by atoms with Crippen LogP contribution in [0, 0.1) is 5.92 Å². The Morgan fingerprint density at radius 2 is 2.24 bits per heavy atom. The molecule has 1 N–H and O–H groups in total. The van der Waals surface area contributed by atoms with E-state index in [0.717, 1.165) is 6.42 Å². The lowest BCUT2D eigenvalue weighted by atomic mass is 9.86. The Balaban J connectivity index is 2.03. The monoisotopic (exact) mass is 258 g/mol. The number of piperidine rings is 2. The van der Waals surface area contributed by atoms with Crippen LogP contribution >= 0.6 is 0 Å². The van der Waals surface area contributed by atoms with Crippen LogP contribution in [0.25, 0.3) is 0 Å². The maximum atomic E-state index is 11.9. The number of rotatable bonds is 3. The maximum Gasteiger partial charge on any atom is 0.220 e. The number of fused-ring (bicyclic) bond motifs is 1. The third-order valence-corrected chi connectivity index (χ3v) is 5.28. The molecule has 0 bridgehead atoms. The molecule has 2 aliphatic rings. The molecule has 5 nitrogen and oxygen atoms in total. The molecule has 2 aliphatic heterocycles. The van der Waals surface area contributed by atoms with Crippen molar-refractivity contribution in [2.75, 3.05) is 18.8 Å². The van der Waals surface area contributed by atoms with Crippen molar-refractivity contribution in [1.29, 1.82) is 0 Å². The summed E-state index contributed by atoms with van der Waals surface area (Å²) in [5, 5.41) is 2.94. The Bertz CT molecular complexity index is 418. The van der Waals surface area contributed by atoms with Gasteiger partial charge in [0, 0.05) is 25.6 Å². The highest BCUT2D eigenvalue weighted by Crippen LogP contribution is 2.26. The Labute approximate surface area is 102 Å². The van der Waals surface area contributed by atoms with Gasteiger partial charge in [-0.05, 0) is 18.8 Å². The van der Waals surface area contributed by atoms with E-state index in [-0.39, 0.29) is 23.6 Å². The Hall–Kier alpha value is -0.880.